The molecule has 0 radical (unpaired) electrons. The minimum atomic E-state index is -0.955. The number of hydrogen-bond donors (Lipinski definition) is 1. The van der Waals surface area contributed by atoms with Gasteiger partial charge in [0, 0.05) is 10.5 Å². The SMILES string of the molecule is COc1cc(C(=O)O)ccc1/C=C/c1ccc2c(c1)C(C)(C)CCS2. The standard InChI is InChI=1S/C21H22O3S/c1-21(2)10-11-25-19-9-5-14(12-17(19)21)4-6-15-7-8-16(20(22)23)13-18(15)24-3/h4-9,12-13H,10-11H2,1-3H3,(H,22,23)/b6-4+. The molecule has 0 aromatic heterocycles. The van der Waals surface area contributed by atoms with Gasteiger partial charge in [0.15, 0.2) is 0 Å². The van der Waals surface area contributed by atoms with Crippen molar-refractivity contribution in [3.05, 3.63) is 58.7 Å². The zero-order chi connectivity index (χ0) is 18.0. The van der Waals surface area contributed by atoms with E-state index in [1.54, 1.807) is 25.3 Å². The summed E-state index contributed by atoms with van der Waals surface area (Å²) in [6.07, 6.45) is 5.20. The molecule has 0 unspecified atom stereocenters. The lowest BCUT2D eigenvalue weighted by molar-refractivity contribution is 0.0696. The quantitative estimate of drug-likeness (QED) is 0.753. The third-order valence-electron chi connectivity index (χ3n) is 4.65. The summed E-state index contributed by atoms with van der Waals surface area (Å²) in [4.78, 5) is 12.5. The normalized spacial score (nSPS) is 15.8. The molecule has 0 fully saturated rings. The first-order valence-electron chi connectivity index (χ1n) is 8.27. The highest BCUT2D eigenvalue weighted by atomic mass is 32.2. The number of benzene rings is 2. The van der Waals surface area contributed by atoms with E-state index in [2.05, 4.69) is 32.0 Å². The van der Waals surface area contributed by atoms with Gasteiger partial charge >= 0.3 is 5.97 Å². The van der Waals surface area contributed by atoms with Gasteiger partial charge in [0.2, 0.25) is 0 Å². The van der Waals surface area contributed by atoms with Crippen LogP contribution in [0.25, 0.3) is 12.2 Å². The van der Waals surface area contributed by atoms with Gasteiger partial charge in [-0.2, -0.15) is 0 Å². The molecule has 25 heavy (non-hydrogen) atoms. The van der Waals surface area contributed by atoms with Gasteiger partial charge in [-0.05, 0) is 46.9 Å². The molecule has 1 aliphatic heterocycles. The van der Waals surface area contributed by atoms with Crippen LogP contribution in [0.4, 0.5) is 0 Å². The van der Waals surface area contributed by atoms with Crippen molar-refractivity contribution in [3.63, 3.8) is 0 Å². The Morgan fingerprint density at radius 3 is 2.72 bits per heavy atom. The van der Waals surface area contributed by atoms with Gasteiger partial charge in [0.1, 0.15) is 5.75 Å². The predicted molar refractivity (Wildman–Crippen MR) is 104 cm³/mol. The first-order chi connectivity index (χ1) is 11.9. The van der Waals surface area contributed by atoms with Crippen molar-refractivity contribution < 1.29 is 14.6 Å². The molecule has 2 aromatic carbocycles. The predicted octanol–water partition coefficient (Wildman–Crippen LogP) is 5.34. The molecule has 3 nitrogen and oxygen atoms in total. The van der Waals surface area contributed by atoms with Crippen molar-refractivity contribution in [2.75, 3.05) is 12.9 Å². The molecular weight excluding hydrogens is 332 g/mol. The zero-order valence-electron chi connectivity index (χ0n) is 14.7. The molecule has 1 aliphatic rings. The molecule has 0 aliphatic carbocycles. The average Bonchev–Trinajstić information content (AvgIpc) is 2.59. The van der Waals surface area contributed by atoms with Crippen LogP contribution in [0.1, 0.15) is 47.3 Å². The summed E-state index contributed by atoms with van der Waals surface area (Å²) in [6, 6.07) is 11.5. The second kappa shape index (κ2) is 6.96. The molecule has 1 heterocycles. The van der Waals surface area contributed by atoms with Gasteiger partial charge in [-0.25, -0.2) is 4.79 Å². The monoisotopic (exact) mass is 354 g/mol. The zero-order valence-corrected chi connectivity index (χ0v) is 15.5. The lowest BCUT2D eigenvalue weighted by Gasteiger charge is -2.32. The van der Waals surface area contributed by atoms with Crippen LogP contribution in [0.5, 0.6) is 5.75 Å². The molecule has 3 rings (SSSR count). The minimum Gasteiger partial charge on any atom is -0.496 e. The molecule has 4 heteroatoms. The number of thioether (sulfide) groups is 1. The first kappa shape index (κ1) is 17.6. The summed E-state index contributed by atoms with van der Waals surface area (Å²) in [5, 5.41) is 9.09. The second-order valence-corrected chi connectivity index (χ2v) is 7.97. The van der Waals surface area contributed by atoms with Gasteiger partial charge in [0.05, 0.1) is 12.7 Å². The van der Waals surface area contributed by atoms with Crippen LogP contribution in [0.15, 0.2) is 41.3 Å². The van der Waals surface area contributed by atoms with Crippen molar-refractivity contribution in [2.24, 2.45) is 0 Å². The lowest BCUT2D eigenvalue weighted by atomic mass is 9.81. The van der Waals surface area contributed by atoms with E-state index in [0.29, 0.717) is 5.75 Å². The summed E-state index contributed by atoms with van der Waals surface area (Å²) in [6.45, 7) is 4.60. The van der Waals surface area contributed by atoms with Gasteiger partial charge in [-0.3, -0.25) is 0 Å². The van der Waals surface area contributed by atoms with Crippen LogP contribution >= 0.6 is 11.8 Å². The fourth-order valence-corrected chi connectivity index (χ4v) is 4.51. The van der Waals surface area contributed by atoms with Crippen LogP contribution in [0.2, 0.25) is 0 Å². The van der Waals surface area contributed by atoms with E-state index >= 15 is 0 Å². The maximum Gasteiger partial charge on any atom is 0.335 e. The van der Waals surface area contributed by atoms with Crippen molar-refractivity contribution in [1.82, 2.24) is 0 Å². The Bertz CT molecular complexity index is 837. The third kappa shape index (κ3) is 3.74. The van der Waals surface area contributed by atoms with E-state index in [1.807, 2.05) is 23.9 Å². The highest BCUT2D eigenvalue weighted by Crippen LogP contribution is 2.41. The molecule has 2 aromatic rings. The molecule has 0 saturated carbocycles. The van der Waals surface area contributed by atoms with Crippen molar-refractivity contribution in [1.29, 1.82) is 0 Å². The Morgan fingerprint density at radius 2 is 2.00 bits per heavy atom. The maximum atomic E-state index is 11.1. The van der Waals surface area contributed by atoms with Crippen LogP contribution < -0.4 is 4.74 Å². The minimum absolute atomic E-state index is 0.200. The van der Waals surface area contributed by atoms with Crippen molar-refractivity contribution in [2.45, 2.75) is 30.6 Å². The number of hydrogen-bond acceptors (Lipinski definition) is 3. The summed E-state index contributed by atoms with van der Waals surface area (Å²) in [7, 11) is 1.55. The summed E-state index contributed by atoms with van der Waals surface area (Å²) < 4.78 is 5.33. The van der Waals surface area contributed by atoms with Gasteiger partial charge in [-0.1, -0.05) is 44.2 Å². The number of carboxylic acids is 1. The molecular formula is C21H22O3S. The molecule has 0 spiro atoms. The number of carboxylic acid groups (broad SMARTS) is 1. The molecule has 130 valence electrons. The lowest BCUT2D eigenvalue weighted by Crippen LogP contribution is -2.22. The van der Waals surface area contributed by atoms with Crippen LogP contribution in [0, 0.1) is 0 Å². The third-order valence-corrected chi connectivity index (χ3v) is 5.73. The Hall–Kier alpha value is -2.20. The Labute approximate surface area is 152 Å². The van der Waals surface area contributed by atoms with Crippen LogP contribution in [0.3, 0.4) is 0 Å². The Balaban J connectivity index is 1.91. The van der Waals surface area contributed by atoms with E-state index in [0.717, 1.165) is 11.1 Å². The smallest absolute Gasteiger partial charge is 0.335 e. The second-order valence-electron chi connectivity index (χ2n) is 6.83. The van der Waals surface area contributed by atoms with Crippen molar-refractivity contribution >= 4 is 29.9 Å². The fraction of sp³-hybridized carbons (Fsp3) is 0.286. The van der Waals surface area contributed by atoms with Gasteiger partial charge in [0.25, 0.3) is 0 Å². The molecule has 1 N–H and O–H groups in total. The van der Waals surface area contributed by atoms with E-state index in [9.17, 15) is 4.79 Å². The largest absolute Gasteiger partial charge is 0.496 e. The van der Waals surface area contributed by atoms with E-state index in [4.69, 9.17) is 9.84 Å². The molecule has 0 amide bonds. The van der Waals surface area contributed by atoms with Crippen LogP contribution in [-0.4, -0.2) is 23.9 Å². The Kier molecular flexibility index (Phi) is 4.91. The van der Waals surface area contributed by atoms with Gasteiger partial charge < -0.3 is 9.84 Å². The number of ether oxygens (including phenoxy) is 1. The topological polar surface area (TPSA) is 46.5 Å². The van der Waals surface area contributed by atoms with E-state index < -0.39 is 5.97 Å². The number of methoxy groups -OCH3 is 1. The molecule has 0 atom stereocenters. The van der Waals surface area contributed by atoms with Crippen molar-refractivity contribution in [3.8, 4) is 5.75 Å². The molecule has 0 bridgehead atoms. The van der Waals surface area contributed by atoms with Gasteiger partial charge in [-0.15, -0.1) is 11.8 Å². The van der Waals surface area contributed by atoms with Crippen LogP contribution in [-0.2, 0) is 5.41 Å². The Morgan fingerprint density at radius 1 is 1.20 bits per heavy atom. The summed E-state index contributed by atoms with van der Waals surface area (Å²) >= 11 is 1.92. The highest BCUT2D eigenvalue weighted by molar-refractivity contribution is 7.99. The van der Waals surface area contributed by atoms with E-state index in [1.165, 1.54) is 22.6 Å². The average molecular weight is 354 g/mol. The highest BCUT2D eigenvalue weighted by Gasteiger charge is 2.27. The maximum absolute atomic E-state index is 11.1. The molecule has 0 saturated heterocycles. The summed E-state index contributed by atoms with van der Waals surface area (Å²) in [5.74, 6) is 0.774. The van der Waals surface area contributed by atoms with E-state index in [-0.39, 0.29) is 11.0 Å². The number of rotatable bonds is 4. The number of aromatic carboxylic acids is 1. The number of fused-ring (bicyclic) bond motifs is 1. The number of carbonyl (C=O) groups is 1. The fourth-order valence-electron chi connectivity index (χ4n) is 3.02. The first-order valence-corrected chi connectivity index (χ1v) is 9.26. The summed E-state index contributed by atoms with van der Waals surface area (Å²) in [5.41, 5.74) is 3.82.